The van der Waals surface area contributed by atoms with Crippen LogP contribution in [0.15, 0.2) is 24.3 Å². The summed E-state index contributed by atoms with van der Waals surface area (Å²) in [5.74, 6) is -5.39. The van der Waals surface area contributed by atoms with Crippen LogP contribution in [0, 0.1) is 16.0 Å². The second kappa shape index (κ2) is 9.16. The van der Waals surface area contributed by atoms with Gasteiger partial charge in [-0.2, -0.15) is 13.2 Å². The first-order valence-electron chi connectivity index (χ1n) is 7.74. The zero-order valence-electron chi connectivity index (χ0n) is 14.1. The number of hydrogen-bond donors (Lipinski definition) is 0. The quantitative estimate of drug-likeness (QED) is 0.299. The van der Waals surface area contributed by atoms with Gasteiger partial charge in [0.2, 0.25) is 6.54 Å². The minimum absolute atomic E-state index is 0.109. The minimum Gasteiger partial charge on any atom is -0.465 e. The van der Waals surface area contributed by atoms with Crippen molar-refractivity contribution in [2.45, 2.75) is 25.9 Å². The van der Waals surface area contributed by atoms with Gasteiger partial charge in [-0.25, -0.2) is 0 Å². The number of hydrogen-bond acceptors (Lipinski definition) is 6. The lowest BCUT2D eigenvalue weighted by molar-refractivity contribution is -0.484. The lowest BCUT2D eigenvalue weighted by Crippen LogP contribution is -2.36. The standard InChI is InChI=1S/C16H18F3NO6/c1-3-25-14(21)13(15(22)26-4-2)12(9-20(23)24)10-6-5-7-11(8-10)16(17,18)19/h5-8,12-13H,3-4,9H2,1-2H3. The zero-order chi connectivity index (χ0) is 19.9. The van der Waals surface area contributed by atoms with Crippen molar-refractivity contribution in [3.63, 3.8) is 0 Å². The highest BCUT2D eigenvalue weighted by atomic mass is 19.4. The molecular formula is C16H18F3NO6. The number of rotatable bonds is 8. The molecule has 0 fully saturated rings. The first-order chi connectivity index (χ1) is 12.1. The Labute approximate surface area is 147 Å². The average molecular weight is 377 g/mol. The summed E-state index contributed by atoms with van der Waals surface area (Å²) in [6, 6.07) is 3.71. The van der Waals surface area contributed by atoms with Crippen molar-refractivity contribution in [2.75, 3.05) is 19.8 Å². The highest BCUT2D eigenvalue weighted by molar-refractivity contribution is 5.96. The van der Waals surface area contributed by atoms with E-state index >= 15 is 0 Å². The van der Waals surface area contributed by atoms with E-state index in [0.29, 0.717) is 6.07 Å². The maximum absolute atomic E-state index is 12.9. The molecule has 0 N–H and O–H groups in total. The summed E-state index contributed by atoms with van der Waals surface area (Å²) in [5, 5.41) is 11.0. The Morgan fingerprint density at radius 1 is 1.15 bits per heavy atom. The van der Waals surface area contributed by atoms with Gasteiger partial charge in [-0.05, 0) is 25.5 Å². The molecule has 1 aromatic rings. The minimum atomic E-state index is -4.68. The van der Waals surface area contributed by atoms with E-state index in [2.05, 4.69) is 0 Å². The molecular weight excluding hydrogens is 359 g/mol. The van der Waals surface area contributed by atoms with Crippen molar-refractivity contribution >= 4 is 11.9 Å². The van der Waals surface area contributed by atoms with Crippen molar-refractivity contribution in [2.24, 2.45) is 5.92 Å². The Morgan fingerprint density at radius 3 is 2.12 bits per heavy atom. The van der Waals surface area contributed by atoms with Crippen molar-refractivity contribution in [3.05, 3.63) is 45.5 Å². The molecule has 0 saturated carbocycles. The molecule has 0 spiro atoms. The maximum atomic E-state index is 12.9. The lowest BCUT2D eigenvalue weighted by atomic mass is 9.85. The van der Waals surface area contributed by atoms with Crippen LogP contribution in [0.3, 0.4) is 0 Å². The molecule has 0 aliphatic carbocycles. The van der Waals surface area contributed by atoms with E-state index in [1.54, 1.807) is 0 Å². The van der Waals surface area contributed by atoms with Crippen LogP contribution in [0.5, 0.6) is 0 Å². The second-order valence-corrected chi connectivity index (χ2v) is 5.23. The van der Waals surface area contributed by atoms with Crippen LogP contribution < -0.4 is 0 Å². The highest BCUT2D eigenvalue weighted by Gasteiger charge is 2.42. The summed E-state index contributed by atoms with van der Waals surface area (Å²) in [4.78, 5) is 34.5. The largest absolute Gasteiger partial charge is 0.465 e. The van der Waals surface area contributed by atoms with Crippen molar-refractivity contribution < 1.29 is 37.2 Å². The molecule has 0 aromatic heterocycles. The fraction of sp³-hybridized carbons (Fsp3) is 0.500. The van der Waals surface area contributed by atoms with Gasteiger partial charge in [0.15, 0.2) is 5.92 Å². The first kappa shape index (κ1) is 21.4. The van der Waals surface area contributed by atoms with E-state index in [0.717, 1.165) is 12.1 Å². The van der Waals surface area contributed by atoms with E-state index in [9.17, 15) is 32.9 Å². The number of carbonyl (C=O) groups excluding carboxylic acids is 2. The molecule has 0 aliphatic rings. The Morgan fingerprint density at radius 2 is 1.69 bits per heavy atom. The molecule has 1 rings (SSSR count). The van der Waals surface area contributed by atoms with Crippen molar-refractivity contribution in [1.82, 2.24) is 0 Å². The molecule has 0 bridgehead atoms. The smallest absolute Gasteiger partial charge is 0.416 e. The molecule has 7 nitrogen and oxygen atoms in total. The van der Waals surface area contributed by atoms with Crippen molar-refractivity contribution in [3.8, 4) is 0 Å². The van der Waals surface area contributed by atoms with Gasteiger partial charge in [0, 0.05) is 4.92 Å². The fourth-order valence-corrected chi connectivity index (χ4v) is 2.40. The summed E-state index contributed by atoms with van der Waals surface area (Å²) in [5.41, 5.74) is -1.22. The number of alkyl halides is 3. The number of benzene rings is 1. The Bertz CT molecular complexity index is 644. The molecule has 0 heterocycles. The van der Waals surface area contributed by atoms with Crippen LogP contribution in [0.1, 0.15) is 30.9 Å². The number of carbonyl (C=O) groups is 2. The third-order valence-electron chi connectivity index (χ3n) is 3.47. The molecule has 10 heteroatoms. The summed E-state index contributed by atoms with van der Waals surface area (Å²) in [6.07, 6.45) is -4.68. The molecule has 1 unspecified atom stereocenters. The topological polar surface area (TPSA) is 95.7 Å². The number of ether oxygens (including phenoxy) is 2. The van der Waals surface area contributed by atoms with E-state index in [-0.39, 0.29) is 18.8 Å². The third kappa shape index (κ3) is 5.71. The van der Waals surface area contributed by atoms with Gasteiger partial charge in [-0.1, -0.05) is 18.2 Å². The molecule has 144 valence electrons. The van der Waals surface area contributed by atoms with Crippen molar-refractivity contribution in [1.29, 1.82) is 0 Å². The molecule has 1 atom stereocenters. The van der Waals surface area contributed by atoms with Gasteiger partial charge in [0.05, 0.1) is 24.7 Å². The molecule has 0 saturated heterocycles. The van der Waals surface area contributed by atoms with Crippen LogP contribution in [0.2, 0.25) is 0 Å². The zero-order valence-corrected chi connectivity index (χ0v) is 14.1. The Kier molecular flexibility index (Phi) is 7.54. The van der Waals surface area contributed by atoms with Gasteiger partial charge < -0.3 is 9.47 Å². The predicted octanol–water partition coefficient (Wildman–Crippen LogP) is 2.81. The summed E-state index contributed by atoms with van der Waals surface area (Å²) < 4.78 is 48.3. The van der Waals surface area contributed by atoms with E-state index in [4.69, 9.17) is 9.47 Å². The summed E-state index contributed by atoms with van der Waals surface area (Å²) in [7, 11) is 0. The number of esters is 2. The number of halogens is 3. The van der Waals surface area contributed by atoms with Crippen LogP contribution >= 0.6 is 0 Å². The number of nitro groups is 1. The second-order valence-electron chi connectivity index (χ2n) is 5.23. The lowest BCUT2D eigenvalue weighted by Gasteiger charge is -2.22. The average Bonchev–Trinajstić information content (AvgIpc) is 2.53. The molecule has 0 aliphatic heterocycles. The predicted molar refractivity (Wildman–Crippen MR) is 82.8 cm³/mol. The SMILES string of the molecule is CCOC(=O)C(C(=O)OCC)C(C[N+](=O)[O-])c1cccc(C(F)(F)F)c1. The highest BCUT2D eigenvalue weighted by Crippen LogP contribution is 2.34. The van der Waals surface area contributed by atoms with E-state index < -0.39 is 47.0 Å². The van der Waals surface area contributed by atoms with Gasteiger partial charge in [-0.3, -0.25) is 19.7 Å². The van der Waals surface area contributed by atoms with Crippen LogP contribution in [-0.2, 0) is 25.2 Å². The molecule has 26 heavy (non-hydrogen) atoms. The van der Waals surface area contributed by atoms with Gasteiger partial charge >= 0.3 is 18.1 Å². The third-order valence-corrected chi connectivity index (χ3v) is 3.47. The summed E-state index contributed by atoms with van der Waals surface area (Å²) in [6.45, 7) is 1.77. The van der Waals surface area contributed by atoms with Gasteiger partial charge in [0.25, 0.3) is 0 Å². The molecule has 0 amide bonds. The van der Waals surface area contributed by atoms with Crippen LogP contribution in [-0.4, -0.2) is 36.6 Å². The van der Waals surface area contributed by atoms with Crippen LogP contribution in [0.25, 0.3) is 0 Å². The molecule has 1 aromatic carbocycles. The normalized spacial score (nSPS) is 12.5. The first-order valence-corrected chi connectivity index (χ1v) is 7.74. The monoisotopic (exact) mass is 377 g/mol. The van der Waals surface area contributed by atoms with E-state index in [1.807, 2.05) is 0 Å². The van der Waals surface area contributed by atoms with E-state index in [1.165, 1.54) is 19.9 Å². The number of nitrogens with zero attached hydrogens (tertiary/aromatic N) is 1. The Hall–Kier alpha value is -2.65. The molecule has 0 radical (unpaired) electrons. The fourth-order valence-electron chi connectivity index (χ4n) is 2.40. The van der Waals surface area contributed by atoms with Gasteiger partial charge in [-0.15, -0.1) is 0 Å². The van der Waals surface area contributed by atoms with Gasteiger partial charge in [0.1, 0.15) is 0 Å². The van der Waals surface area contributed by atoms with Crippen LogP contribution in [0.4, 0.5) is 13.2 Å². The Balaban J connectivity index is 3.42. The maximum Gasteiger partial charge on any atom is 0.416 e. The summed E-state index contributed by atoms with van der Waals surface area (Å²) >= 11 is 0.